The van der Waals surface area contributed by atoms with E-state index in [1.54, 1.807) is 29.5 Å². The number of carbonyl (C=O) groups excluding carboxylic acids is 1. The smallest absolute Gasteiger partial charge is 0.226 e. The van der Waals surface area contributed by atoms with Crippen LogP contribution in [0.15, 0.2) is 41.2 Å². The van der Waals surface area contributed by atoms with Crippen LogP contribution < -0.4 is 10.2 Å². The molecule has 6 atom stereocenters. The summed E-state index contributed by atoms with van der Waals surface area (Å²) in [7, 11) is 0. The molecule has 0 unspecified atom stereocenters. The van der Waals surface area contributed by atoms with Gasteiger partial charge in [-0.1, -0.05) is 35.3 Å². The summed E-state index contributed by atoms with van der Waals surface area (Å²) in [5.41, 5.74) is 6.53. The van der Waals surface area contributed by atoms with Crippen LogP contribution in [0.4, 0.5) is 10.2 Å². The number of hydrogen-bond acceptors (Lipinski definition) is 7. The van der Waals surface area contributed by atoms with Crippen molar-refractivity contribution < 1.29 is 9.18 Å². The Morgan fingerprint density at radius 1 is 1.16 bits per heavy atom. The molecule has 51 heavy (non-hydrogen) atoms. The number of benzene rings is 2. The minimum Gasteiger partial charge on any atom is -0.353 e. The Morgan fingerprint density at radius 2 is 2.02 bits per heavy atom. The number of likely N-dealkylation sites (tertiary alicyclic amines) is 1. The Labute approximate surface area is 309 Å². The highest BCUT2D eigenvalue weighted by Crippen LogP contribution is 2.54. The molecule has 5 aromatic rings. The number of piperidine rings is 1. The summed E-state index contributed by atoms with van der Waals surface area (Å²) < 4.78 is 19.7. The van der Waals surface area contributed by atoms with Crippen molar-refractivity contribution in [3.8, 4) is 17.2 Å². The maximum atomic E-state index is 17.2. The van der Waals surface area contributed by atoms with Gasteiger partial charge < -0.3 is 19.7 Å². The Bertz CT molecular complexity index is 2280. The van der Waals surface area contributed by atoms with Crippen molar-refractivity contribution in [1.82, 2.24) is 24.8 Å². The molecule has 2 saturated carbocycles. The zero-order chi connectivity index (χ0) is 34.7. The van der Waals surface area contributed by atoms with Gasteiger partial charge in [0.25, 0.3) is 0 Å². The van der Waals surface area contributed by atoms with E-state index in [1.807, 2.05) is 18.5 Å². The number of aryl methyl sites for hydroxylation is 2. The first kappa shape index (κ1) is 31.9. The maximum absolute atomic E-state index is 17.2. The van der Waals surface area contributed by atoms with Gasteiger partial charge in [0.15, 0.2) is 5.82 Å². The van der Waals surface area contributed by atoms with Crippen LogP contribution in [0.5, 0.6) is 0 Å². The van der Waals surface area contributed by atoms with Crippen molar-refractivity contribution in [2.24, 2.45) is 17.8 Å². The molecule has 2 aliphatic carbocycles. The largest absolute Gasteiger partial charge is 0.353 e. The first-order chi connectivity index (χ1) is 24.8. The number of halogens is 3. The third-order valence-electron chi connectivity index (χ3n) is 12.3. The predicted octanol–water partition coefficient (Wildman–Crippen LogP) is 8.24. The second-order valence-corrected chi connectivity index (χ2v) is 16.6. The lowest BCUT2D eigenvalue weighted by Crippen LogP contribution is -2.45. The average Bonchev–Trinajstić information content (AvgIpc) is 3.56. The van der Waals surface area contributed by atoms with Crippen molar-refractivity contribution in [2.45, 2.75) is 69.6 Å². The van der Waals surface area contributed by atoms with Crippen LogP contribution in [0.1, 0.15) is 61.1 Å². The second-order valence-electron chi connectivity index (χ2n) is 15.1. The van der Waals surface area contributed by atoms with Crippen LogP contribution in [0, 0.1) is 41.8 Å². The highest BCUT2D eigenvalue weighted by molar-refractivity contribution is 7.07. The molecule has 6 aliphatic rings. The molecule has 6 fully saturated rings. The lowest BCUT2D eigenvalue weighted by molar-refractivity contribution is -0.135. The number of pyridine rings is 1. The van der Waals surface area contributed by atoms with E-state index in [0.717, 1.165) is 78.8 Å². The maximum Gasteiger partial charge on any atom is 0.226 e. The van der Waals surface area contributed by atoms with Gasteiger partial charge in [0, 0.05) is 82.6 Å². The second kappa shape index (κ2) is 11.9. The molecule has 11 rings (SSSR count). The zero-order valence-corrected chi connectivity index (χ0v) is 30.4. The number of aromatic nitrogens is 3. The summed E-state index contributed by atoms with van der Waals surface area (Å²) in [4.78, 5) is 28.5. The molecular formula is C39H36Cl2FN7OS. The van der Waals surface area contributed by atoms with Crippen molar-refractivity contribution in [2.75, 3.05) is 24.5 Å². The lowest BCUT2D eigenvalue weighted by atomic mass is 9.79. The van der Waals surface area contributed by atoms with E-state index in [4.69, 9.17) is 28.2 Å². The number of hydrogen-bond donors (Lipinski definition) is 1. The molecule has 4 aliphatic heterocycles. The normalized spacial score (nSPS) is 26.6. The van der Waals surface area contributed by atoms with E-state index < -0.39 is 5.82 Å². The quantitative estimate of drug-likeness (QED) is 0.181. The number of nitrogens with zero attached hydrogens (tertiary/aromatic N) is 6. The standard InChI is InChI=1S/C39H36Cl2FN7OS/c1-19-26-13-30(37-23-10-24(48(37)39(50)20-7-8-20)16-47(15-23)31-17-51-18-45-31)49(36-22-12-29(36)44-14-22)38(26)27-11-21(4-3-9-43)32(34(42)35(27)46-19)25-5-2-6-28(40)33(25)41/h2,5-6,11,13,17-18,20,22-24,29,36-37,44H,3-4,7-8,10,12,14-16H2,1H3/t22-,23+,24-,29-,36+,37-/m1/s1. The Morgan fingerprint density at radius 3 is 2.75 bits per heavy atom. The van der Waals surface area contributed by atoms with E-state index >= 15 is 4.39 Å². The molecule has 1 N–H and O–H groups in total. The molecule has 12 heteroatoms. The molecule has 260 valence electrons. The van der Waals surface area contributed by atoms with Crippen LogP contribution in [-0.2, 0) is 11.2 Å². The fourth-order valence-corrected chi connectivity index (χ4v) is 10.8. The van der Waals surface area contributed by atoms with Crippen molar-refractivity contribution in [3.63, 3.8) is 0 Å². The molecule has 7 heterocycles. The van der Waals surface area contributed by atoms with E-state index in [-0.39, 0.29) is 52.8 Å². The van der Waals surface area contributed by atoms with Crippen LogP contribution in [0.25, 0.3) is 32.9 Å². The van der Waals surface area contributed by atoms with Crippen molar-refractivity contribution in [3.05, 3.63) is 74.0 Å². The van der Waals surface area contributed by atoms with Gasteiger partial charge in [-0.3, -0.25) is 4.79 Å². The zero-order valence-electron chi connectivity index (χ0n) is 28.1. The van der Waals surface area contributed by atoms with Crippen LogP contribution >= 0.6 is 34.5 Å². The van der Waals surface area contributed by atoms with E-state index in [2.05, 4.69) is 42.2 Å². The van der Waals surface area contributed by atoms with Crippen LogP contribution in [0.3, 0.4) is 0 Å². The SMILES string of the molecule is Cc1nc2c(F)c(-c3cccc(Cl)c3Cl)c(CCC#N)cc2c2c1cc([C@H]1[C@H]3C[C@H](CN(c4cscn4)C3)N1C(=O)C1CC1)n2[C@H]1[C@H]2CN[C@@H]1C2. The molecule has 0 radical (unpaired) electrons. The van der Waals surface area contributed by atoms with Gasteiger partial charge in [0.05, 0.1) is 45.3 Å². The molecule has 4 bridgehead atoms. The predicted molar refractivity (Wildman–Crippen MR) is 199 cm³/mol. The Balaban J connectivity index is 1.23. The average molecular weight is 741 g/mol. The molecule has 8 nitrogen and oxygen atoms in total. The van der Waals surface area contributed by atoms with Gasteiger partial charge in [0.1, 0.15) is 11.3 Å². The summed E-state index contributed by atoms with van der Waals surface area (Å²) in [6.07, 6.45) is 4.53. The lowest BCUT2D eigenvalue weighted by Gasteiger charge is -2.40. The summed E-state index contributed by atoms with van der Waals surface area (Å²) in [6.45, 7) is 4.50. The molecule has 1 amide bonds. The molecular weight excluding hydrogens is 704 g/mol. The summed E-state index contributed by atoms with van der Waals surface area (Å²) >= 11 is 14.7. The number of rotatable bonds is 7. The fourth-order valence-electron chi connectivity index (χ4n) is 9.86. The number of nitrogens with one attached hydrogen (secondary N) is 1. The van der Waals surface area contributed by atoms with Gasteiger partial charge >= 0.3 is 0 Å². The number of anilines is 1. The number of carbonyl (C=O) groups is 1. The molecule has 4 saturated heterocycles. The van der Waals surface area contributed by atoms with Gasteiger partial charge in [-0.25, -0.2) is 14.4 Å². The van der Waals surface area contributed by atoms with Crippen LogP contribution in [0.2, 0.25) is 10.0 Å². The summed E-state index contributed by atoms with van der Waals surface area (Å²) in [5.74, 6) is 1.56. The number of thiazole rings is 1. The Kier molecular flexibility index (Phi) is 7.45. The Hall–Kier alpha value is -3.75. The van der Waals surface area contributed by atoms with Crippen molar-refractivity contribution >= 4 is 68.1 Å². The van der Waals surface area contributed by atoms with Gasteiger partial charge in [-0.15, -0.1) is 11.3 Å². The highest BCUT2D eigenvalue weighted by atomic mass is 35.5. The summed E-state index contributed by atoms with van der Waals surface area (Å²) in [6, 6.07) is 12.3. The molecule has 3 aromatic heterocycles. The summed E-state index contributed by atoms with van der Waals surface area (Å²) in [5, 5.41) is 17.8. The number of fused-ring (bicyclic) bond motifs is 6. The van der Waals surface area contributed by atoms with Gasteiger partial charge in [-0.05, 0) is 68.7 Å². The number of amides is 1. The fraction of sp³-hybridized carbons (Fsp3) is 0.436. The molecule has 0 spiro atoms. The third-order valence-corrected chi connectivity index (χ3v) is 13.7. The monoisotopic (exact) mass is 739 g/mol. The van der Waals surface area contributed by atoms with E-state index in [9.17, 15) is 10.1 Å². The van der Waals surface area contributed by atoms with Crippen molar-refractivity contribution in [1.29, 1.82) is 5.26 Å². The number of nitriles is 1. The topological polar surface area (TPSA) is 90.1 Å². The third kappa shape index (κ3) is 4.81. The highest BCUT2D eigenvalue weighted by Gasteiger charge is 2.55. The first-order valence-electron chi connectivity index (χ1n) is 18.0. The van der Waals surface area contributed by atoms with Gasteiger partial charge in [-0.2, -0.15) is 5.26 Å². The van der Waals surface area contributed by atoms with Crippen LogP contribution in [-0.4, -0.2) is 57.1 Å². The molecule has 2 aromatic carbocycles. The first-order valence-corrected chi connectivity index (χ1v) is 19.7. The van der Waals surface area contributed by atoms with E-state index in [1.165, 1.54) is 0 Å². The van der Waals surface area contributed by atoms with E-state index in [0.29, 0.717) is 40.1 Å². The minimum absolute atomic E-state index is 0.0942. The minimum atomic E-state index is -0.459. The van der Waals surface area contributed by atoms with Gasteiger partial charge in [0.2, 0.25) is 5.91 Å².